The van der Waals surface area contributed by atoms with Gasteiger partial charge in [-0.3, -0.25) is 9.69 Å². The highest BCUT2D eigenvalue weighted by molar-refractivity contribution is 6.08. The molecule has 0 aromatic heterocycles. The van der Waals surface area contributed by atoms with Crippen LogP contribution in [0.15, 0.2) is 11.1 Å². The van der Waals surface area contributed by atoms with Gasteiger partial charge >= 0.3 is 12.1 Å². The second kappa shape index (κ2) is 4.85. The van der Waals surface area contributed by atoms with E-state index in [1.807, 2.05) is 0 Å². The average molecular weight is 293 g/mol. The fourth-order valence-corrected chi connectivity index (χ4v) is 2.59. The van der Waals surface area contributed by atoms with Crippen LogP contribution in [0, 0.1) is 0 Å². The number of alkyl halides is 3. The van der Waals surface area contributed by atoms with Crippen LogP contribution >= 0.6 is 0 Å². The number of morpholine rings is 1. The molecule has 0 radical (unpaired) electrons. The molecule has 1 fully saturated rings. The molecule has 0 saturated carbocycles. The molecular formula is C12H14F3NO4. The molecule has 0 amide bonds. The van der Waals surface area contributed by atoms with Crippen LogP contribution in [0.3, 0.4) is 0 Å². The van der Waals surface area contributed by atoms with Crippen LogP contribution in [0.2, 0.25) is 0 Å². The molecule has 0 unspecified atom stereocenters. The van der Waals surface area contributed by atoms with Crippen LogP contribution in [-0.2, 0) is 19.1 Å². The first-order chi connectivity index (χ1) is 9.18. The number of rotatable bonds is 2. The van der Waals surface area contributed by atoms with Gasteiger partial charge in [0.2, 0.25) is 0 Å². The molecule has 2 heterocycles. The molecule has 1 atom stereocenters. The Kier molecular flexibility index (Phi) is 3.64. The smallest absolute Gasteiger partial charge is 0.423 e. The fourth-order valence-electron chi connectivity index (χ4n) is 2.59. The van der Waals surface area contributed by atoms with Gasteiger partial charge < -0.3 is 9.47 Å². The molecule has 0 bridgehead atoms. The van der Waals surface area contributed by atoms with Gasteiger partial charge in [0.15, 0.2) is 17.1 Å². The van der Waals surface area contributed by atoms with E-state index in [0.717, 1.165) is 6.92 Å². The van der Waals surface area contributed by atoms with Crippen molar-refractivity contribution >= 4 is 11.8 Å². The van der Waals surface area contributed by atoms with E-state index in [0.29, 0.717) is 13.2 Å². The molecule has 0 aliphatic carbocycles. The van der Waals surface area contributed by atoms with Crippen LogP contribution < -0.4 is 0 Å². The number of hydrogen-bond acceptors (Lipinski definition) is 5. The molecule has 2 aliphatic rings. The summed E-state index contributed by atoms with van der Waals surface area (Å²) < 4.78 is 49.0. The van der Waals surface area contributed by atoms with Crippen molar-refractivity contribution in [2.75, 3.05) is 26.3 Å². The Morgan fingerprint density at radius 2 is 1.85 bits per heavy atom. The highest BCUT2D eigenvalue weighted by Gasteiger charge is 2.57. The minimum atomic E-state index is -4.91. The van der Waals surface area contributed by atoms with Crippen molar-refractivity contribution in [3.05, 3.63) is 11.1 Å². The normalized spacial score (nSPS) is 28.8. The standard InChI is InChI=1S/C12H14F3NO4/c1-7(17)8-9(12(13,14)15)10(18)20-11(8,2)16-3-5-19-6-4-16/h3-6H2,1-2H3/t11-/m0/s1. The summed E-state index contributed by atoms with van der Waals surface area (Å²) in [7, 11) is 0. The Labute approximate surface area is 113 Å². The van der Waals surface area contributed by atoms with Crippen molar-refractivity contribution in [1.82, 2.24) is 4.90 Å². The molecule has 2 aliphatic heterocycles. The van der Waals surface area contributed by atoms with Crippen LogP contribution in [0.25, 0.3) is 0 Å². The Morgan fingerprint density at radius 3 is 2.30 bits per heavy atom. The molecule has 8 heteroatoms. The summed E-state index contributed by atoms with van der Waals surface area (Å²) in [5.41, 5.74) is -3.81. The van der Waals surface area contributed by atoms with Gasteiger partial charge in [0.05, 0.1) is 18.8 Å². The lowest BCUT2D eigenvalue weighted by atomic mass is 9.95. The van der Waals surface area contributed by atoms with Gasteiger partial charge in [0.25, 0.3) is 0 Å². The van der Waals surface area contributed by atoms with Crippen molar-refractivity contribution in [3.63, 3.8) is 0 Å². The largest absolute Gasteiger partial charge is 0.436 e. The maximum Gasteiger partial charge on any atom is 0.423 e. The minimum Gasteiger partial charge on any atom is -0.436 e. The number of hydrogen-bond donors (Lipinski definition) is 0. The zero-order valence-corrected chi connectivity index (χ0v) is 11.0. The highest BCUT2D eigenvalue weighted by atomic mass is 19.4. The van der Waals surface area contributed by atoms with E-state index in [4.69, 9.17) is 9.47 Å². The maximum absolute atomic E-state index is 13.0. The van der Waals surface area contributed by atoms with E-state index < -0.39 is 34.8 Å². The summed E-state index contributed by atoms with van der Waals surface area (Å²) in [6.45, 7) is 3.49. The molecule has 0 aromatic carbocycles. The fraction of sp³-hybridized carbons (Fsp3) is 0.667. The third kappa shape index (κ3) is 2.33. The highest BCUT2D eigenvalue weighted by Crippen LogP contribution is 2.43. The minimum absolute atomic E-state index is 0.283. The summed E-state index contributed by atoms with van der Waals surface area (Å²) in [6.07, 6.45) is -4.91. The number of carbonyl (C=O) groups excluding carboxylic acids is 2. The molecule has 20 heavy (non-hydrogen) atoms. The quantitative estimate of drug-likeness (QED) is 0.712. The van der Waals surface area contributed by atoms with Crippen molar-refractivity contribution in [1.29, 1.82) is 0 Å². The molecule has 112 valence electrons. The second-order valence-corrected chi connectivity index (χ2v) is 4.78. The lowest BCUT2D eigenvalue weighted by molar-refractivity contribution is -0.172. The summed E-state index contributed by atoms with van der Waals surface area (Å²) >= 11 is 0. The number of Topliss-reactive ketones (excluding diaryl/α,β-unsaturated/α-hetero) is 1. The lowest BCUT2D eigenvalue weighted by Crippen LogP contribution is -2.54. The van der Waals surface area contributed by atoms with Gasteiger partial charge in [-0.25, -0.2) is 4.79 Å². The zero-order chi connectivity index (χ0) is 15.1. The van der Waals surface area contributed by atoms with Gasteiger partial charge in [0, 0.05) is 13.1 Å². The third-order valence-electron chi connectivity index (χ3n) is 3.46. The monoisotopic (exact) mass is 293 g/mol. The topological polar surface area (TPSA) is 55.8 Å². The molecular weight excluding hydrogens is 279 g/mol. The number of nitrogens with zero attached hydrogens (tertiary/aromatic N) is 1. The summed E-state index contributed by atoms with van der Waals surface area (Å²) in [6, 6.07) is 0. The van der Waals surface area contributed by atoms with Gasteiger partial charge in [-0.1, -0.05) is 0 Å². The number of halogens is 3. The molecule has 2 rings (SSSR count). The lowest BCUT2D eigenvalue weighted by Gasteiger charge is -2.40. The Balaban J connectivity index is 2.51. The van der Waals surface area contributed by atoms with Crippen molar-refractivity contribution in [2.24, 2.45) is 0 Å². The van der Waals surface area contributed by atoms with Crippen molar-refractivity contribution in [3.8, 4) is 0 Å². The van der Waals surface area contributed by atoms with Gasteiger partial charge in [0.1, 0.15) is 0 Å². The van der Waals surface area contributed by atoms with Crippen LogP contribution in [0.5, 0.6) is 0 Å². The van der Waals surface area contributed by atoms with E-state index in [1.54, 1.807) is 0 Å². The SMILES string of the molecule is CC(=O)C1=C(C(F)(F)F)C(=O)O[C@]1(C)N1CCOCC1. The van der Waals surface area contributed by atoms with Gasteiger partial charge in [-0.2, -0.15) is 13.2 Å². The number of ketones is 1. The van der Waals surface area contributed by atoms with Gasteiger partial charge in [-0.15, -0.1) is 0 Å². The van der Waals surface area contributed by atoms with E-state index in [2.05, 4.69) is 0 Å². The second-order valence-electron chi connectivity index (χ2n) is 4.78. The maximum atomic E-state index is 13.0. The first-order valence-corrected chi connectivity index (χ1v) is 6.07. The van der Waals surface area contributed by atoms with E-state index in [9.17, 15) is 22.8 Å². The Bertz CT molecular complexity index is 480. The van der Waals surface area contributed by atoms with Crippen LogP contribution in [0.1, 0.15) is 13.8 Å². The van der Waals surface area contributed by atoms with Crippen LogP contribution in [-0.4, -0.2) is 54.9 Å². The summed E-state index contributed by atoms with van der Waals surface area (Å²) in [5, 5.41) is 0. The van der Waals surface area contributed by atoms with Crippen molar-refractivity contribution in [2.45, 2.75) is 25.7 Å². The van der Waals surface area contributed by atoms with E-state index in [1.165, 1.54) is 11.8 Å². The van der Waals surface area contributed by atoms with E-state index in [-0.39, 0.29) is 13.1 Å². The molecule has 0 N–H and O–H groups in total. The van der Waals surface area contributed by atoms with Gasteiger partial charge in [-0.05, 0) is 13.8 Å². The van der Waals surface area contributed by atoms with E-state index >= 15 is 0 Å². The summed E-state index contributed by atoms with van der Waals surface area (Å²) in [5.74, 6) is -2.33. The first-order valence-electron chi connectivity index (χ1n) is 6.07. The predicted molar refractivity (Wildman–Crippen MR) is 60.7 cm³/mol. The predicted octanol–water partition coefficient (Wildman–Crippen LogP) is 1.04. The molecule has 0 spiro atoms. The molecule has 0 aromatic rings. The number of carbonyl (C=O) groups is 2. The number of cyclic esters (lactones) is 1. The van der Waals surface area contributed by atoms with Crippen LogP contribution in [0.4, 0.5) is 13.2 Å². The number of esters is 1. The third-order valence-corrected chi connectivity index (χ3v) is 3.46. The Hall–Kier alpha value is -1.41. The van der Waals surface area contributed by atoms with Crippen molar-refractivity contribution < 1.29 is 32.2 Å². The zero-order valence-electron chi connectivity index (χ0n) is 11.0. The summed E-state index contributed by atoms with van der Waals surface area (Å²) in [4.78, 5) is 24.8. The first kappa shape index (κ1) is 15.0. The number of ether oxygens (including phenoxy) is 2. The molecule has 1 saturated heterocycles. The molecule has 5 nitrogen and oxygen atoms in total. The Morgan fingerprint density at radius 1 is 1.30 bits per heavy atom. The average Bonchev–Trinajstić information content (AvgIpc) is 2.63.